The first-order chi connectivity index (χ1) is 12.0. The van der Waals surface area contributed by atoms with E-state index in [1.807, 2.05) is 14.0 Å². The minimum atomic E-state index is -1.14. The molecule has 0 fully saturated rings. The average molecular weight is 342 g/mol. The summed E-state index contributed by atoms with van der Waals surface area (Å²) in [6, 6.07) is 7.01. The first-order valence-corrected chi connectivity index (χ1v) is 8.01. The third kappa shape index (κ3) is 3.36. The van der Waals surface area contributed by atoms with Gasteiger partial charge in [0.2, 0.25) is 0 Å². The topological polar surface area (TPSA) is 80.0 Å². The lowest BCUT2D eigenvalue weighted by Crippen LogP contribution is -2.39. The Bertz CT molecular complexity index is 909. The fourth-order valence-electron chi connectivity index (χ4n) is 2.73. The van der Waals surface area contributed by atoms with E-state index in [1.54, 1.807) is 29.1 Å². The maximum absolute atomic E-state index is 13.9. The van der Waals surface area contributed by atoms with E-state index in [-0.39, 0.29) is 11.5 Å². The van der Waals surface area contributed by atoms with Crippen LogP contribution in [-0.4, -0.2) is 31.6 Å². The summed E-state index contributed by atoms with van der Waals surface area (Å²) in [5, 5.41) is 13.2. The molecule has 1 amide bonds. The Morgan fingerprint density at radius 2 is 2.12 bits per heavy atom. The number of nitrogens with zero attached hydrogens (tertiary/aromatic N) is 3. The molecule has 0 bridgehead atoms. The van der Waals surface area contributed by atoms with E-state index in [0.29, 0.717) is 23.1 Å². The Labute approximate surface area is 144 Å². The zero-order chi connectivity index (χ0) is 18.0. The van der Waals surface area contributed by atoms with Gasteiger partial charge in [-0.25, -0.2) is 14.4 Å². The molecule has 3 rings (SSSR count). The standard InChI is InChI=1S/C18H19FN4O2/c1-3-14(16(24)12-6-4-5-7-13(12)19)22-18(25)11-8-15-17(20-9-11)23(2)10-21-15/h4-10,14,16,24H,3H2,1-2H3,(H,22,25)/t14-,16-/m0/s1. The third-order valence-electron chi connectivity index (χ3n) is 4.17. The lowest BCUT2D eigenvalue weighted by atomic mass is 9.99. The Kier molecular flexibility index (Phi) is 4.76. The van der Waals surface area contributed by atoms with Crippen molar-refractivity contribution >= 4 is 17.1 Å². The summed E-state index contributed by atoms with van der Waals surface area (Å²) in [6.45, 7) is 1.81. The zero-order valence-corrected chi connectivity index (χ0v) is 14.0. The molecular formula is C18H19FN4O2. The number of hydrogen-bond acceptors (Lipinski definition) is 4. The average Bonchev–Trinajstić information content (AvgIpc) is 3.00. The van der Waals surface area contributed by atoms with Crippen molar-refractivity contribution in [1.29, 1.82) is 0 Å². The van der Waals surface area contributed by atoms with Crippen LogP contribution >= 0.6 is 0 Å². The van der Waals surface area contributed by atoms with Gasteiger partial charge in [0.25, 0.3) is 5.91 Å². The van der Waals surface area contributed by atoms with Gasteiger partial charge in [0.15, 0.2) is 5.65 Å². The predicted molar refractivity (Wildman–Crippen MR) is 91.4 cm³/mol. The lowest BCUT2D eigenvalue weighted by molar-refractivity contribution is 0.0819. The summed E-state index contributed by atoms with van der Waals surface area (Å²) in [6.07, 6.45) is 2.39. The van der Waals surface area contributed by atoms with Crippen molar-refractivity contribution in [2.45, 2.75) is 25.5 Å². The van der Waals surface area contributed by atoms with Gasteiger partial charge >= 0.3 is 0 Å². The summed E-state index contributed by atoms with van der Waals surface area (Å²) >= 11 is 0. The summed E-state index contributed by atoms with van der Waals surface area (Å²) in [4.78, 5) is 20.9. The van der Waals surface area contributed by atoms with E-state index in [0.717, 1.165) is 0 Å². The highest BCUT2D eigenvalue weighted by molar-refractivity contribution is 5.96. The molecule has 0 aliphatic heterocycles. The molecule has 0 radical (unpaired) electrons. The molecule has 2 heterocycles. The number of aliphatic hydroxyl groups is 1. The fraction of sp³-hybridized carbons (Fsp3) is 0.278. The second kappa shape index (κ2) is 6.98. The molecule has 0 saturated heterocycles. The molecular weight excluding hydrogens is 323 g/mol. The Balaban J connectivity index is 1.80. The van der Waals surface area contributed by atoms with Crippen LogP contribution in [0, 0.1) is 5.82 Å². The second-order valence-electron chi connectivity index (χ2n) is 5.88. The molecule has 7 heteroatoms. The molecule has 0 aliphatic rings. The van der Waals surface area contributed by atoms with Gasteiger partial charge in [-0.05, 0) is 18.6 Å². The molecule has 0 unspecified atom stereocenters. The van der Waals surface area contributed by atoms with Crippen molar-refractivity contribution in [1.82, 2.24) is 19.9 Å². The van der Waals surface area contributed by atoms with Gasteiger partial charge in [-0.3, -0.25) is 4.79 Å². The number of aryl methyl sites for hydroxylation is 1. The van der Waals surface area contributed by atoms with E-state index >= 15 is 0 Å². The highest BCUT2D eigenvalue weighted by Gasteiger charge is 2.24. The summed E-state index contributed by atoms with van der Waals surface area (Å²) < 4.78 is 15.6. The first kappa shape index (κ1) is 17.0. The number of carbonyl (C=O) groups excluding carboxylic acids is 1. The number of halogens is 1. The zero-order valence-electron chi connectivity index (χ0n) is 14.0. The van der Waals surface area contributed by atoms with Gasteiger partial charge in [-0.15, -0.1) is 0 Å². The SMILES string of the molecule is CC[C@H](NC(=O)c1cnc2c(c1)ncn2C)[C@@H](O)c1ccccc1F. The van der Waals surface area contributed by atoms with Crippen LogP contribution < -0.4 is 5.32 Å². The van der Waals surface area contributed by atoms with Crippen LogP contribution in [0.1, 0.15) is 35.4 Å². The Morgan fingerprint density at radius 1 is 1.36 bits per heavy atom. The van der Waals surface area contributed by atoms with Crippen molar-refractivity contribution in [3.05, 3.63) is 59.8 Å². The van der Waals surface area contributed by atoms with Gasteiger partial charge < -0.3 is 15.0 Å². The van der Waals surface area contributed by atoms with Crippen molar-refractivity contribution in [2.24, 2.45) is 7.05 Å². The third-order valence-corrected chi connectivity index (χ3v) is 4.17. The number of rotatable bonds is 5. The fourth-order valence-corrected chi connectivity index (χ4v) is 2.73. The summed E-state index contributed by atoms with van der Waals surface area (Å²) in [5.41, 5.74) is 1.78. The number of aliphatic hydroxyl groups excluding tert-OH is 1. The molecule has 2 aromatic heterocycles. The van der Waals surface area contributed by atoms with Crippen molar-refractivity contribution in [3.8, 4) is 0 Å². The molecule has 25 heavy (non-hydrogen) atoms. The van der Waals surface area contributed by atoms with E-state index in [1.165, 1.54) is 18.3 Å². The molecule has 0 aliphatic carbocycles. The van der Waals surface area contributed by atoms with E-state index < -0.39 is 18.0 Å². The van der Waals surface area contributed by atoms with Crippen LogP contribution in [0.5, 0.6) is 0 Å². The van der Waals surface area contributed by atoms with E-state index in [2.05, 4.69) is 15.3 Å². The molecule has 0 spiro atoms. The number of fused-ring (bicyclic) bond motifs is 1. The maximum atomic E-state index is 13.9. The second-order valence-corrected chi connectivity index (χ2v) is 5.88. The predicted octanol–water partition coefficient (Wildman–Crippen LogP) is 2.35. The number of hydrogen-bond donors (Lipinski definition) is 2. The highest BCUT2D eigenvalue weighted by atomic mass is 19.1. The Morgan fingerprint density at radius 3 is 2.84 bits per heavy atom. The maximum Gasteiger partial charge on any atom is 0.253 e. The number of amides is 1. The Hall–Kier alpha value is -2.80. The van der Waals surface area contributed by atoms with Crippen LogP contribution in [0.25, 0.3) is 11.2 Å². The van der Waals surface area contributed by atoms with Gasteiger partial charge in [-0.1, -0.05) is 25.1 Å². The number of pyridine rings is 1. The largest absolute Gasteiger partial charge is 0.386 e. The summed E-state index contributed by atoms with van der Waals surface area (Å²) in [7, 11) is 1.82. The molecule has 2 N–H and O–H groups in total. The molecule has 1 aromatic carbocycles. The van der Waals surface area contributed by atoms with Crippen molar-refractivity contribution in [2.75, 3.05) is 0 Å². The van der Waals surface area contributed by atoms with Gasteiger partial charge in [0, 0.05) is 18.8 Å². The molecule has 3 aromatic rings. The van der Waals surface area contributed by atoms with Crippen molar-refractivity contribution < 1.29 is 14.3 Å². The quantitative estimate of drug-likeness (QED) is 0.746. The van der Waals surface area contributed by atoms with E-state index in [4.69, 9.17) is 0 Å². The van der Waals surface area contributed by atoms with Crippen LogP contribution in [0.3, 0.4) is 0 Å². The monoisotopic (exact) mass is 342 g/mol. The number of nitrogens with one attached hydrogen (secondary N) is 1. The highest BCUT2D eigenvalue weighted by Crippen LogP contribution is 2.22. The molecule has 2 atom stereocenters. The lowest BCUT2D eigenvalue weighted by Gasteiger charge is -2.23. The number of benzene rings is 1. The van der Waals surface area contributed by atoms with Crippen LogP contribution in [0.15, 0.2) is 42.9 Å². The number of carbonyl (C=O) groups is 1. The van der Waals surface area contributed by atoms with Gasteiger partial charge in [0.1, 0.15) is 17.4 Å². The normalized spacial score (nSPS) is 13.6. The molecule has 0 saturated carbocycles. The molecule has 130 valence electrons. The smallest absolute Gasteiger partial charge is 0.253 e. The number of aromatic nitrogens is 3. The van der Waals surface area contributed by atoms with Crippen LogP contribution in [-0.2, 0) is 7.05 Å². The first-order valence-electron chi connectivity index (χ1n) is 8.01. The van der Waals surface area contributed by atoms with Gasteiger partial charge in [-0.2, -0.15) is 0 Å². The van der Waals surface area contributed by atoms with E-state index in [9.17, 15) is 14.3 Å². The van der Waals surface area contributed by atoms with Crippen molar-refractivity contribution in [3.63, 3.8) is 0 Å². The minimum absolute atomic E-state index is 0.160. The van der Waals surface area contributed by atoms with Crippen LogP contribution in [0.4, 0.5) is 4.39 Å². The minimum Gasteiger partial charge on any atom is -0.386 e. The molecule has 6 nitrogen and oxygen atoms in total. The number of imidazole rings is 1. The van der Waals surface area contributed by atoms with Crippen LogP contribution in [0.2, 0.25) is 0 Å². The summed E-state index contributed by atoms with van der Waals surface area (Å²) in [5.74, 6) is -0.887. The van der Waals surface area contributed by atoms with Gasteiger partial charge in [0.05, 0.1) is 17.9 Å².